The maximum Gasteiger partial charge on any atom is 0.335 e. The molecule has 2 rings (SSSR count). The molecule has 0 bridgehead atoms. The maximum absolute atomic E-state index is 11.9. The quantitative estimate of drug-likeness (QED) is 0.478. The molecule has 1 aliphatic carbocycles. The predicted molar refractivity (Wildman–Crippen MR) is 68.9 cm³/mol. The van der Waals surface area contributed by atoms with E-state index in [9.17, 15) is 14.7 Å². The third-order valence-corrected chi connectivity index (χ3v) is 2.95. The molecule has 0 fully saturated rings. The van der Waals surface area contributed by atoms with Gasteiger partial charge < -0.3 is 21.3 Å². The van der Waals surface area contributed by atoms with Gasteiger partial charge in [0.1, 0.15) is 5.75 Å². The van der Waals surface area contributed by atoms with Crippen LogP contribution in [0.4, 0.5) is 5.69 Å². The molecule has 0 saturated heterocycles. The number of nitrogens with one attached hydrogen (secondary N) is 1. The van der Waals surface area contributed by atoms with E-state index in [-0.39, 0.29) is 34.9 Å². The first-order valence-corrected chi connectivity index (χ1v) is 5.78. The minimum absolute atomic E-state index is 0.00762. The number of hydrogen-bond acceptors (Lipinski definition) is 4. The minimum Gasteiger partial charge on any atom is -0.506 e. The Balaban J connectivity index is 2.14. The van der Waals surface area contributed by atoms with Crippen LogP contribution in [0.15, 0.2) is 30.4 Å². The van der Waals surface area contributed by atoms with Crippen LogP contribution in [0.5, 0.6) is 5.75 Å². The molecule has 2 atom stereocenters. The highest BCUT2D eigenvalue weighted by Crippen LogP contribution is 2.26. The number of carbonyl (C=O) groups excluding carboxylic acids is 1. The first kappa shape index (κ1) is 13.1. The molecule has 6 heteroatoms. The van der Waals surface area contributed by atoms with Gasteiger partial charge in [0, 0.05) is 6.04 Å². The normalized spacial score (nSPS) is 21.3. The number of benzene rings is 1. The predicted octanol–water partition coefficient (Wildman–Crippen LogP) is 0.932. The third-order valence-electron chi connectivity index (χ3n) is 2.95. The van der Waals surface area contributed by atoms with Crippen molar-refractivity contribution in [2.45, 2.75) is 12.5 Å². The number of anilines is 1. The molecule has 0 spiro atoms. The molecule has 5 N–H and O–H groups in total. The first-order valence-electron chi connectivity index (χ1n) is 5.78. The van der Waals surface area contributed by atoms with E-state index < -0.39 is 5.97 Å². The second-order valence-corrected chi connectivity index (χ2v) is 4.42. The zero-order valence-electron chi connectivity index (χ0n) is 10.0. The van der Waals surface area contributed by atoms with Crippen molar-refractivity contribution in [3.05, 3.63) is 35.9 Å². The van der Waals surface area contributed by atoms with Crippen molar-refractivity contribution in [2.75, 3.05) is 5.32 Å². The molecule has 1 aliphatic rings. The molecule has 0 heterocycles. The number of carboxylic acid groups (broad SMARTS) is 1. The van der Waals surface area contributed by atoms with E-state index in [0.717, 1.165) is 0 Å². The summed E-state index contributed by atoms with van der Waals surface area (Å²) in [6.45, 7) is 0. The fourth-order valence-electron chi connectivity index (χ4n) is 1.92. The number of carboxylic acids is 1. The molecule has 0 aliphatic heterocycles. The molecular weight excluding hydrogens is 248 g/mol. The van der Waals surface area contributed by atoms with Crippen LogP contribution in [0.1, 0.15) is 16.8 Å². The average Bonchev–Trinajstić information content (AvgIpc) is 2.78. The second kappa shape index (κ2) is 5.11. The van der Waals surface area contributed by atoms with Crippen LogP contribution < -0.4 is 11.1 Å². The number of hydrogen-bond donors (Lipinski definition) is 4. The van der Waals surface area contributed by atoms with Crippen molar-refractivity contribution in [3.63, 3.8) is 0 Å². The Morgan fingerprint density at radius 2 is 2.05 bits per heavy atom. The second-order valence-electron chi connectivity index (χ2n) is 4.42. The molecule has 1 amide bonds. The Morgan fingerprint density at radius 3 is 2.63 bits per heavy atom. The largest absolute Gasteiger partial charge is 0.506 e. The van der Waals surface area contributed by atoms with Gasteiger partial charge in [-0.25, -0.2) is 4.79 Å². The molecule has 0 radical (unpaired) electrons. The van der Waals surface area contributed by atoms with Gasteiger partial charge in [-0.3, -0.25) is 4.79 Å². The number of phenolic OH excluding ortho intramolecular Hbond substituents is 1. The van der Waals surface area contributed by atoms with E-state index in [1.54, 1.807) is 12.2 Å². The van der Waals surface area contributed by atoms with Crippen molar-refractivity contribution < 1.29 is 19.8 Å². The van der Waals surface area contributed by atoms with Crippen molar-refractivity contribution in [1.82, 2.24) is 0 Å². The molecular formula is C13H14N2O4. The highest BCUT2D eigenvalue weighted by atomic mass is 16.4. The Hall–Kier alpha value is -2.34. The first-order chi connectivity index (χ1) is 8.97. The molecule has 100 valence electrons. The fourth-order valence-corrected chi connectivity index (χ4v) is 1.92. The SMILES string of the molecule is NC1C=CC(C(=O)Nc2cc(C(=O)O)ccc2O)C1. The number of carbonyl (C=O) groups is 2. The maximum atomic E-state index is 11.9. The molecule has 0 saturated carbocycles. The van der Waals surface area contributed by atoms with Crippen LogP contribution in [0.2, 0.25) is 0 Å². The summed E-state index contributed by atoms with van der Waals surface area (Å²) in [5, 5.41) is 21.0. The van der Waals surface area contributed by atoms with E-state index >= 15 is 0 Å². The summed E-state index contributed by atoms with van der Waals surface area (Å²) in [5.74, 6) is -1.98. The van der Waals surface area contributed by atoms with Gasteiger partial charge in [-0.2, -0.15) is 0 Å². The summed E-state index contributed by atoms with van der Waals surface area (Å²) < 4.78 is 0. The monoisotopic (exact) mass is 262 g/mol. The molecule has 1 aromatic carbocycles. The van der Waals surface area contributed by atoms with E-state index in [0.29, 0.717) is 6.42 Å². The van der Waals surface area contributed by atoms with E-state index in [2.05, 4.69) is 5.32 Å². The number of aromatic hydroxyl groups is 1. The standard InChI is InChI=1S/C13H14N2O4/c14-9-3-1-7(5-9)12(17)15-10-6-8(13(18)19)2-4-11(10)16/h1-4,6-7,9,16H,5,14H2,(H,15,17)(H,18,19). The van der Waals surface area contributed by atoms with Gasteiger partial charge >= 0.3 is 5.97 Å². The lowest BCUT2D eigenvalue weighted by molar-refractivity contribution is -0.118. The summed E-state index contributed by atoms with van der Waals surface area (Å²) in [5.41, 5.74) is 5.73. The summed E-state index contributed by atoms with van der Waals surface area (Å²) in [4.78, 5) is 22.7. The average molecular weight is 262 g/mol. The van der Waals surface area contributed by atoms with E-state index in [1.807, 2.05) is 0 Å². The Labute approximate surface area is 109 Å². The zero-order valence-corrected chi connectivity index (χ0v) is 10.0. The number of rotatable bonds is 3. The lowest BCUT2D eigenvalue weighted by Gasteiger charge is -2.12. The van der Waals surface area contributed by atoms with Gasteiger partial charge in [0.2, 0.25) is 5.91 Å². The Bertz CT molecular complexity index is 554. The number of aromatic carboxylic acids is 1. The lowest BCUT2D eigenvalue weighted by Crippen LogP contribution is -2.24. The summed E-state index contributed by atoms with van der Waals surface area (Å²) in [7, 11) is 0. The van der Waals surface area contributed by atoms with Crippen LogP contribution in [-0.2, 0) is 4.79 Å². The van der Waals surface area contributed by atoms with Crippen molar-refractivity contribution in [3.8, 4) is 5.75 Å². The number of phenols is 1. The molecule has 6 nitrogen and oxygen atoms in total. The molecule has 19 heavy (non-hydrogen) atoms. The molecule has 0 aromatic heterocycles. The summed E-state index contributed by atoms with van der Waals surface area (Å²) in [6, 6.07) is 3.57. The van der Waals surface area contributed by atoms with Gasteiger partial charge in [0.05, 0.1) is 17.2 Å². The molecule has 2 unspecified atom stereocenters. The lowest BCUT2D eigenvalue weighted by atomic mass is 10.1. The van der Waals surface area contributed by atoms with Crippen LogP contribution in [0.3, 0.4) is 0 Å². The number of amides is 1. The summed E-state index contributed by atoms with van der Waals surface area (Å²) >= 11 is 0. The molecule has 1 aromatic rings. The topological polar surface area (TPSA) is 113 Å². The van der Waals surface area contributed by atoms with Gasteiger partial charge in [0.25, 0.3) is 0 Å². The van der Waals surface area contributed by atoms with Gasteiger partial charge in [-0.1, -0.05) is 12.2 Å². The highest BCUT2D eigenvalue weighted by Gasteiger charge is 2.23. The van der Waals surface area contributed by atoms with Crippen molar-refractivity contribution >= 4 is 17.6 Å². The van der Waals surface area contributed by atoms with Gasteiger partial charge in [-0.05, 0) is 24.6 Å². The Kier molecular flexibility index (Phi) is 3.52. The van der Waals surface area contributed by atoms with Crippen LogP contribution in [0.25, 0.3) is 0 Å². The van der Waals surface area contributed by atoms with Crippen molar-refractivity contribution in [1.29, 1.82) is 0 Å². The third kappa shape index (κ3) is 2.92. The van der Waals surface area contributed by atoms with E-state index in [4.69, 9.17) is 10.8 Å². The highest BCUT2D eigenvalue weighted by molar-refractivity contribution is 5.97. The van der Waals surface area contributed by atoms with Gasteiger partial charge in [0.15, 0.2) is 0 Å². The fraction of sp³-hybridized carbons (Fsp3) is 0.231. The van der Waals surface area contributed by atoms with Gasteiger partial charge in [-0.15, -0.1) is 0 Å². The van der Waals surface area contributed by atoms with Crippen LogP contribution in [0, 0.1) is 5.92 Å². The van der Waals surface area contributed by atoms with Crippen LogP contribution in [-0.4, -0.2) is 28.1 Å². The Morgan fingerprint density at radius 1 is 1.32 bits per heavy atom. The minimum atomic E-state index is -1.13. The zero-order chi connectivity index (χ0) is 14.0. The number of nitrogens with two attached hydrogens (primary N) is 1. The van der Waals surface area contributed by atoms with Crippen LogP contribution >= 0.6 is 0 Å². The summed E-state index contributed by atoms with van der Waals surface area (Å²) in [6.07, 6.45) is 3.96. The van der Waals surface area contributed by atoms with E-state index in [1.165, 1.54) is 18.2 Å². The smallest absolute Gasteiger partial charge is 0.335 e. The van der Waals surface area contributed by atoms with Crippen molar-refractivity contribution in [2.24, 2.45) is 11.7 Å².